The van der Waals surface area contributed by atoms with Crippen LogP contribution in [0.5, 0.6) is 17.2 Å². The molecule has 2 aromatic rings. The smallest absolute Gasteiger partial charge is 0.227 e. The molecule has 0 aliphatic carbocycles. The van der Waals surface area contributed by atoms with Crippen LogP contribution in [-0.2, 0) is 9.59 Å². The van der Waals surface area contributed by atoms with Gasteiger partial charge in [0.05, 0.1) is 18.6 Å². The van der Waals surface area contributed by atoms with Crippen molar-refractivity contribution in [1.29, 1.82) is 0 Å². The molecular formula is C23H26N2O5. The summed E-state index contributed by atoms with van der Waals surface area (Å²) in [4.78, 5) is 27.0. The highest BCUT2D eigenvalue weighted by Crippen LogP contribution is 2.36. The Morgan fingerprint density at radius 3 is 2.63 bits per heavy atom. The summed E-state index contributed by atoms with van der Waals surface area (Å²) in [5.41, 5.74) is 1.71. The van der Waals surface area contributed by atoms with Gasteiger partial charge in [-0.15, -0.1) is 0 Å². The number of nitrogens with one attached hydrogen (secondary N) is 1. The second-order valence-corrected chi connectivity index (χ2v) is 7.47. The standard InChI is InChI=1S/C23H26N2O5/c1-3-28-19-7-4-16(5-8-19)15(2)24-23(27)17-12-22(26)25(14-17)18-6-9-20-21(13-18)30-11-10-29-20/h4-9,13,15,17H,3,10-12,14H2,1-2H3,(H,24,27). The van der Waals surface area contributed by atoms with Crippen LogP contribution in [-0.4, -0.2) is 38.2 Å². The highest BCUT2D eigenvalue weighted by molar-refractivity contribution is 6.00. The highest BCUT2D eigenvalue weighted by atomic mass is 16.6. The molecule has 2 aliphatic heterocycles. The molecule has 2 aliphatic rings. The summed E-state index contributed by atoms with van der Waals surface area (Å²) < 4.78 is 16.6. The van der Waals surface area contributed by atoms with Crippen LogP contribution in [0.1, 0.15) is 31.9 Å². The van der Waals surface area contributed by atoms with Gasteiger partial charge < -0.3 is 24.4 Å². The normalized spacial score (nSPS) is 18.8. The van der Waals surface area contributed by atoms with Gasteiger partial charge in [-0.25, -0.2) is 0 Å². The molecule has 7 nitrogen and oxygen atoms in total. The minimum atomic E-state index is -0.393. The van der Waals surface area contributed by atoms with E-state index < -0.39 is 5.92 Å². The van der Waals surface area contributed by atoms with Crippen LogP contribution >= 0.6 is 0 Å². The van der Waals surface area contributed by atoms with Crippen LogP contribution in [0.2, 0.25) is 0 Å². The van der Waals surface area contributed by atoms with Gasteiger partial charge in [-0.1, -0.05) is 12.1 Å². The molecule has 2 amide bonds. The Morgan fingerprint density at radius 2 is 1.90 bits per heavy atom. The molecule has 2 aromatic carbocycles. The highest BCUT2D eigenvalue weighted by Gasteiger charge is 2.36. The first-order valence-electron chi connectivity index (χ1n) is 10.3. The maximum absolute atomic E-state index is 12.8. The molecule has 2 atom stereocenters. The largest absolute Gasteiger partial charge is 0.494 e. The molecule has 0 bridgehead atoms. The minimum absolute atomic E-state index is 0.0689. The zero-order valence-corrected chi connectivity index (χ0v) is 17.2. The molecule has 1 saturated heterocycles. The SMILES string of the molecule is CCOc1ccc(C(C)NC(=O)C2CC(=O)N(c3ccc4c(c3)OCCO4)C2)cc1. The number of rotatable bonds is 6. The van der Waals surface area contributed by atoms with Crippen molar-refractivity contribution in [3.05, 3.63) is 48.0 Å². The van der Waals surface area contributed by atoms with E-state index in [1.165, 1.54) is 0 Å². The third kappa shape index (κ3) is 4.20. The summed E-state index contributed by atoms with van der Waals surface area (Å²) in [6.45, 7) is 5.83. The lowest BCUT2D eigenvalue weighted by molar-refractivity contribution is -0.126. The van der Waals surface area contributed by atoms with Gasteiger partial charge in [0.1, 0.15) is 19.0 Å². The van der Waals surface area contributed by atoms with E-state index >= 15 is 0 Å². The van der Waals surface area contributed by atoms with Gasteiger partial charge >= 0.3 is 0 Å². The summed E-state index contributed by atoms with van der Waals surface area (Å²) in [6.07, 6.45) is 0.191. The number of carbonyl (C=O) groups is 2. The lowest BCUT2D eigenvalue weighted by atomic mass is 10.0. The molecule has 0 radical (unpaired) electrons. The summed E-state index contributed by atoms with van der Waals surface area (Å²) in [5, 5.41) is 3.03. The second-order valence-electron chi connectivity index (χ2n) is 7.47. The van der Waals surface area contributed by atoms with Crippen molar-refractivity contribution in [2.45, 2.75) is 26.3 Å². The van der Waals surface area contributed by atoms with Crippen molar-refractivity contribution in [1.82, 2.24) is 5.32 Å². The third-order valence-electron chi connectivity index (χ3n) is 5.38. The molecule has 2 heterocycles. The molecule has 0 saturated carbocycles. The molecule has 0 aromatic heterocycles. The Bertz CT molecular complexity index is 928. The van der Waals surface area contributed by atoms with Gasteiger partial charge in [0.2, 0.25) is 11.8 Å². The fourth-order valence-corrected chi connectivity index (χ4v) is 3.77. The molecule has 7 heteroatoms. The van der Waals surface area contributed by atoms with Crippen molar-refractivity contribution >= 4 is 17.5 Å². The lowest BCUT2D eigenvalue weighted by Gasteiger charge is -2.22. The fourth-order valence-electron chi connectivity index (χ4n) is 3.77. The van der Waals surface area contributed by atoms with Crippen LogP contribution in [0.25, 0.3) is 0 Å². The predicted octanol–water partition coefficient (Wildman–Crippen LogP) is 3.09. The first kappa shape index (κ1) is 20.1. The lowest BCUT2D eigenvalue weighted by Crippen LogP contribution is -2.34. The van der Waals surface area contributed by atoms with Gasteiger partial charge in [-0.05, 0) is 43.7 Å². The van der Waals surface area contributed by atoms with Crippen molar-refractivity contribution in [3.63, 3.8) is 0 Å². The Kier molecular flexibility index (Phi) is 5.79. The Balaban J connectivity index is 1.39. The van der Waals surface area contributed by atoms with E-state index in [9.17, 15) is 9.59 Å². The van der Waals surface area contributed by atoms with Gasteiger partial charge in [0.25, 0.3) is 0 Å². The zero-order chi connectivity index (χ0) is 21.1. The van der Waals surface area contributed by atoms with Crippen LogP contribution in [0.15, 0.2) is 42.5 Å². The van der Waals surface area contributed by atoms with Gasteiger partial charge in [-0.3, -0.25) is 9.59 Å². The van der Waals surface area contributed by atoms with Crippen molar-refractivity contribution in [2.75, 3.05) is 31.3 Å². The van der Waals surface area contributed by atoms with Crippen LogP contribution in [0.3, 0.4) is 0 Å². The maximum Gasteiger partial charge on any atom is 0.227 e. The van der Waals surface area contributed by atoms with Crippen molar-refractivity contribution < 1.29 is 23.8 Å². The number of anilines is 1. The quantitative estimate of drug-likeness (QED) is 0.792. The third-order valence-corrected chi connectivity index (χ3v) is 5.38. The van der Waals surface area contributed by atoms with E-state index in [0.29, 0.717) is 37.9 Å². The van der Waals surface area contributed by atoms with Crippen molar-refractivity contribution in [2.24, 2.45) is 5.92 Å². The Morgan fingerprint density at radius 1 is 1.17 bits per heavy atom. The van der Waals surface area contributed by atoms with E-state index in [4.69, 9.17) is 14.2 Å². The Hall–Kier alpha value is -3.22. The molecule has 1 fully saturated rings. The topological polar surface area (TPSA) is 77.1 Å². The number of benzene rings is 2. The van der Waals surface area contributed by atoms with Crippen LogP contribution < -0.4 is 24.4 Å². The van der Waals surface area contributed by atoms with Gasteiger partial charge in [0.15, 0.2) is 11.5 Å². The first-order valence-corrected chi connectivity index (χ1v) is 10.3. The molecule has 158 valence electrons. The zero-order valence-electron chi connectivity index (χ0n) is 17.2. The summed E-state index contributed by atoms with van der Waals surface area (Å²) in [5.74, 6) is 1.52. The average Bonchev–Trinajstić information content (AvgIpc) is 3.16. The Labute approximate surface area is 175 Å². The molecule has 1 N–H and O–H groups in total. The van der Waals surface area contributed by atoms with Crippen LogP contribution in [0, 0.1) is 5.92 Å². The monoisotopic (exact) mass is 410 g/mol. The van der Waals surface area contributed by atoms with Crippen LogP contribution in [0.4, 0.5) is 5.69 Å². The van der Waals surface area contributed by atoms with E-state index in [0.717, 1.165) is 17.0 Å². The maximum atomic E-state index is 12.8. The summed E-state index contributed by atoms with van der Waals surface area (Å²) in [7, 11) is 0. The number of ether oxygens (including phenoxy) is 3. The van der Waals surface area contributed by atoms with E-state index in [1.54, 1.807) is 17.0 Å². The van der Waals surface area contributed by atoms with E-state index in [1.807, 2.05) is 44.2 Å². The van der Waals surface area contributed by atoms with Gasteiger partial charge in [0, 0.05) is 24.7 Å². The number of hydrogen-bond donors (Lipinski definition) is 1. The fraction of sp³-hybridized carbons (Fsp3) is 0.391. The summed E-state index contributed by atoms with van der Waals surface area (Å²) >= 11 is 0. The van der Waals surface area contributed by atoms with Gasteiger partial charge in [-0.2, -0.15) is 0 Å². The number of nitrogens with zero attached hydrogens (tertiary/aromatic N) is 1. The number of amides is 2. The minimum Gasteiger partial charge on any atom is -0.494 e. The molecule has 4 rings (SSSR count). The summed E-state index contributed by atoms with van der Waals surface area (Å²) in [6, 6.07) is 12.9. The molecule has 2 unspecified atom stereocenters. The number of carbonyl (C=O) groups excluding carboxylic acids is 2. The molecule has 30 heavy (non-hydrogen) atoms. The average molecular weight is 410 g/mol. The molecular weight excluding hydrogens is 384 g/mol. The van der Waals surface area contributed by atoms with Crippen molar-refractivity contribution in [3.8, 4) is 17.2 Å². The number of hydrogen-bond acceptors (Lipinski definition) is 5. The first-order chi connectivity index (χ1) is 14.5. The van der Waals surface area contributed by atoms with E-state index in [-0.39, 0.29) is 24.3 Å². The van der Waals surface area contributed by atoms with E-state index in [2.05, 4.69) is 5.32 Å². The number of fused-ring (bicyclic) bond motifs is 1. The molecule has 0 spiro atoms. The predicted molar refractivity (Wildman–Crippen MR) is 112 cm³/mol. The second kappa shape index (κ2) is 8.65.